The van der Waals surface area contributed by atoms with E-state index in [1.54, 1.807) is 0 Å². The summed E-state index contributed by atoms with van der Waals surface area (Å²) in [4.78, 5) is 5.12. The van der Waals surface area contributed by atoms with E-state index in [9.17, 15) is 0 Å². The average molecular weight is 308 g/mol. The Balaban J connectivity index is 1.59. The standard InChI is InChI=1S/C17H26ClN3/c1-13-10-16(19)15(18)11-17(13)21-8-4-14(5-9-21)12-20-6-2-3-7-20/h10-11,14H,2-9,12,19H2,1H3. The molecule has 1 aromatic rings. The first-order valence-electron chi connectivity index (χ1n) is 8.16. The van der Waals surface area contributed by atoms with E-state index in [0.29, 0.717) is 10.7 Å². The molecule has 2 aliphatic rings. The van der Waals surface area contributed by atoms with Crippen LogP contribution in [0.4, 0.5) is 11.4 Å². The summed E-state index contributed by atoms with van der Waals surface area (Å²) in [6.07, 6.45) is 5.36. The molecule has 0 atom stereocenters. The number of hydrogen-bond acceptors (Lipinski definition) is 3. The number of likely N-dealkylation sites (tertiary alicyclic amines) is 1. The van der Waals surface area contributed by atoms with Gasteiger partial charge in [0.15, 0.2) is 0 Å². The minimum absolute atomic E-state index is 0.676. The third-order valence-corrected chi connectivity index (χ3v) is 5.31. The molecule has 0 spiro atoms. The molecule has 2 fully saturated rings. The molecule has 1 aromatic carbocycles. The van der Waals surface area contributed by atoms with E-state index in [1.165, 1.54) is 56.6 Å². The highest BCUT2D eigenvalue weighted by atomic mass is 35.5. The van der Waals surface area contributed by atoms with E-state index in [4.69, 9.17) is 17.3 Å². The Morgan fingerprint density at radius 2 is 1.81 bits per heavy atom. The number of nitrogens with zero attached hydrogens (tertiary/aromatic N) is 2. The first-order valence-corrected chi connectivity index (χ1v) is 8.54. The fourth-order valence-electron chi connectivity index (χ4n) is 3.72. The fraction of sp³-hybridized carbons (Fsp3) is 0.647. The number of anilines is 2. The van der Waals surface area contributed by atoms with Crippen LogP contribution in [0.3, 0.4) is 0 Å². The van der Waals surface area contributed by atoms with Crippen LogP contribution in [0.2, 0.25) is 5.02 Å². The van der Waals surface area contributed by atoms with Crippen molar-refractivity contribution in [2.24, 2.45) is 5.92 Å². The molecule has 2 saturated heterocycles. The lowest BCUT2D eigenvalue weighted by atomic mass is 9.95. The van der Waals surface area contributed by atoms with Gasteiger partial charge >= 0.3 is 0 Å². The second kappa shape index (κ2) is 6.45. The van der Waals surface area contributed by atoms with Crippen molar-refractivity contribution in [2.45, 2.75) is 32.6 Å². The minimum Gasteiger partial charge on any atom is -0.398 e. The molecule has 2 heterocycles. The summed E-state index contributed by atoms with van der Waals surface area (Å²) in [6, 6.07) is 4.03. The van der Waals surface area contributed by atoms with Gasteiger partial charge in [-0.2, -0.15) is 0 Å². The topological polar surface area (TPSA) is 32.5 Å². The number of halogens is 1. The number of hydrogen-bond donors (Lipinski definition) is 1. The highest BCUT2D eigenvalue weighted by Crippen LogP contribution is 2.32. The van der Waals surface area contributed by atoms with Crippen LogP contribution in [0.5, 0.6) is 0 Å². The first kappa shape index (κ1) is 15.0. The van der Waals surface area contributed by atoms with Crippen LogP contribution in [0, 0.1) is 12.8 Å². The summed E-state index contributed by atoms with van der Waals surface area (Å²) in [5.41, 5.74) is 9.05. The van der Waals surface area contributed by atoms with Gasteiger partial charge in [-0.15, -0.1) is 0 Å². The van der Waals surface area contributed by atoms with E-state index < -0.39 is 0 Å². The molecule has 0 amide bonds. The van der Waals surface area contributed by atoms with Crippen molar-refractivity contribution in [2.75, 3.05) is 43.4 Å². The molecule has 0 aromatic heterocycles. The van der Waals surface area contributed by atoms with Crippen LogP contribution in [-0.4, -0.2) is 37.6 Å². The summed E-state index contributed by atoms with van der Waals surface area (Å²) >= 11 is 6.19. The Morgan fingerprint density at radius 1 is 1.14 bits per heavy atom. The van der Waals surface area contributed by atoms with Gasteiger partial charge in [0.05, 0.1) is 10.7 Å². The highest BCUT2D eigenvalue weighted by molar-refractivity contribution is 6.33. The Labute approximate surface area is 133 Å². The molecule has 0 unspecified atom stereocenters. The van der Waals surface area contributed by atoms with Crippen molar-refractivity contribution in [3.63, 3.8) is 0 Å². The maximum atomic E-state index is 6.19. The van der Waals surface area contributed by atoms with Crippen LogP contribution in [0.15, 0.2) is 12.1 Å². The van der Waals surface area contributed by atoms with Gasteiger partial charge < -0.3 is 15.5 Å². The molecule has 2 N–H and O–H groups in total. The second-order valence-electron chi connectivity index (χ2n) is 6.60. The van der Waals surface area contributed by atoms with Crippen LogP contribution in [0.1, 0.15) is 31.2 Å². The number of nitrogens with two attached hydrogens (primary N) is 1. The van der Waals surface area contributed by atoms with Gasteiger partial charge in [0.1, 0.15) is 0 Å². The zero-order valence-electron chi connectivity index (χ0n) is 12.9. The van der Waals surface area contributed by atoms with Crippen LogP contribution in [0.25, 0.3) is 0 Å². The summed E-state index contributed by atoms with van der Waals surface area (Å²) in [5.74, 6) is 0.865. The third kappa shape index (κ3) is 3.46. The molecule has 116 valence electrons. The SMILES string of the molecule is Cc1cc(N)c(Cl)cc1N1CCC(CN2CCCC2)CC1. The van der Waals surface area contributed by atoms with Crippen molar-refractivity contribution in [3.8, 4) is 0 Å². The minimum atomic E-state index is 0.676. The van der Waals surface area contributed by atoms with Crippen LogP contribution >= 0.6 is 11.6 Å². The van der Waals surface area contributed by atoms with Crippen LogP contribution < -0.4 is 10.6 Å². The lowest BCUT2D eigenvalue weighted by molar-refractivity contribution is 0.249. The van der Waals surface area contributed by atoms with E-state index >= 15 is 0 Å². The lowest BCUT2D eigenvalue weighted by Crippen LogP contribution is -2.38. The Morgan fingerprint density at radius 3 is 2.48 bits per heavy atom. The average Bonchev–Trinajstić information content (AvgIpc) is 2.97. The number of piperidine rings is 1. The molecule has 0 aliphatic carbocycles. The smallest absolute Gasteiger partial charge is 0.0656 e. The Bertz CT molecular complexity index is 489. The molecule has 2 aliphatic heterocycles. The summed E-state index contributed by atoms with van der Waals surface area (Å²) in [6.45, 7) is 8.33. The van der Waals surface area contributed by atoms with E-state index in [0.717, 1.165) is 19.0 Å². The van der Waals surface area contributed by atoms with Crippen LogP contribution in [-0.2, 0) is 0 Å². The van der Waals surface area contributed by atoms with Crippen molar-refractivity contribution in [3.05, 3.63) is 22.7 Å². The fourth-order valence-corrected chi connectivity index (χ4v) is 3.88. The zero-order valence-corrected chi connectivity index (χ0v) is 13.7. The molecule has 21 heavy (non-hydrogen) atoms. The van der Waals surface area contributed by atoms with Gasteiger partial charge in [-0.25, -0.2) is 0 Å². The van der Waals surface area contributed by atoms with Gasteiger partial charge in [0, 0.05) is 25.3 Å². The molecular formula is C17H26ClN3. The molecular weight excluding hydrogens is 282 g/mol. The predicted molar refractivity (Wildman–Crippen MR) is 91.2 cm³/mol. The number of benzene rings is 1. The molecule has 0 bridgehead atoms. The maximum Gasteiger partial charge on any atom is 0.0656 e. The molecule has 3 nitrogen and oxygen atoms in total. The molecule has 0 radical (unpaired) electrons. The second-order valence-corrected chi connectivity index (χ2v) is 7.01. The highest BCUT2D eigenvalue weighted by Gasteiger charge is 2.23. The summed E-state index contributed by atoms with van der Waals surface area (Å²) in [5, 5.41) is 0.676. The van der Waals surface area contributed by atoms with E-state index in [2.05, 4.69) is 16.7 Å². The molecule has 4 heteroatoms. The number of aryl methyl sites for hydroxylation is 1. The zero-order chi connectivity index (χ0) is 14.8. The normalized spacial score (nSPS) is 21.1. The van der Waals surface area contributed by atoms with Gasteiger partial charge in [-0.3, -0.25) is 0 Å². The quantitative estimate of drug-likeness (QED) is 0.867. The third-order valence-electron chi connectivity index (χ3n) is 4.99. The number of rotatable bonds is 3. The van der Waals surface area contributed by atoms with Crippen molar-refractivity contribution in [1.82, 2.24) is 4.90 Å². The van der Waals surface area contributed by atoms with Gasteiger partial charge in [-0.1, -0.05) is 11.6 Å². The van der Waals surface area contributed by atoms with Crippen molar-refractivity contribution >= 4 is 23.0 Å². The Kier molecular flexibility index (Phi) is 4.60. The maximum absolute atomic E-state index is 6.19. The summed E-state index contributed by atoms with van der Waals surface area (Å²) < 4.78 is 0. The number of nitrogen functional groups attached to an aromatic ring is 1. The summed E-state index contributed by atoms with van der Waals surface area (Å²) in [7, 11) is 0. The first-order chi connectivity index (χ1) is 10.1. The van der Waals surface area contributed by atoms with Gasteiger partial charge in [-0.05, 0) is 69.3 Å². The lowest BCUT2D eigenvalue weighted by Gasteiger charge is -2.36. The van der Waals surface area contributed by atoms with Gasteiger partial charge in [0.2, 0.25) is 0 Å². The predicted octanol–water partition coefficient (Wildman–Crippen LogP) is 3.54. The van der Waals surface area contributed by atoms with E-state index in [1.807, 2.05) is 12.1 Å². The monoisotopic (exact) mass is 307 g/mol. The molecule has 3 rings (SSSR count). The van der Waals surface area contributed by atoms with Crippen molar-refractivity contribution in [1.29, 1.82) is 0 Å². The Hall–Kier alpha value is -0.930. The van der Waals surface area contributed by atoms with E-state index in [-0.39, 0.29) is 0 Å². The van der Waals surface area contributed by atoms with Crippen molar-refractivity contribution < 1.29 is 0 Å². The largest absolute Gasteiger partial charge is 0.398 e. The van der Waals surface area contributed by atoms with Gasteiger partial charge in [0.25, 0.3) is 0 Å². The molecule has 0 saturated carbocycles.